The van der Waals surface area contributed by atoms with Crippen LogP contribution in [0.5, 0.6) is 0 Å². The molecule has 1 atom stereocenters. The van der Waals surface area contributed by atoms with E-state index in [0.717, 1.165) is 31.9 Å². The lowest BCUT2D eigenvalue weighted by Crippen LogP contribution is -2.35. The number of morpholine rings is 1. The number of aliphatic hydroxyl groups is 1. The molecule has 2 rings (SSSR count). The van der Waals surface area contributed by atoms with Gasteiger partial charge in [0.15, 0.2) is 0 Å². The number of ether oxygens (including phenoxy) is 1. The number of aliphatic hydroxyl groups excluding tert-OH is 1. The average molecular weight is 209 g/mol. The van der Waals surface area contributed by atoms with E-state index < -0.39 is 6.10 Å². The van der Waals surface area contributed by atoms with Crippen LogP contribution in [0.2, 0.25) is 0 Å². The minimum atomic E-state index is -0.780. The maximum Gasteiger partial charge on any atom is 0.137 e. The molecule has 3 N–H and O–H groups in total. The molecule has 2 aliphatic heterocycles. The van der Waals surface area contributed by atoms with Crippen LogP contribution in [0.3, 0.4) is 0 Å². The molecule has 2 heterocycles. The van der Waals surface area contributed by atoms with Crippen molar-refractivity contribution < 1.29 is 9.84 Å². The van der Waals surface area contributed by atoms with Crippen LogP contribution in [0.15, 0.2) is 29.0 Å². The van der Waals surface area contributed by atoms with Gasteiger partial charge in [-0.2, -0.15) is 0 Å². The van der Waals surface area contributed by atoms with E-state index >= 15 is 0 Å². The normalized spacial score (nSPS) is 29.4. The first-order valence-corrected chi connectivity index (χ1v) is 4.98. The van der Waals surface area contributed by atoms with Gasteiger partial charge in [0.1, 0.15) is 11.9 Å². The Balaban J connectivity index is 2.06. The van der Waals surface area contributed by atoms with Crippen molar-refractivity contribution in [2.24, 2.45) is 10.7 Å². The summed E-state index contributed by atoms with van der Waals surface area (Å²) in [5.41, 5.74) is 6.32. The van der Waals surface area contributed by atoms with Crippen LogP contribution in [0.4, 0.5) is 0 Å². The van der Waals surface area contributed by atoms with Gasteiger partial charge in [-0.15, -0.1) is 0 Å². The predicted molar refractivity (Wildman–Crippen MR) is 57.2 cm³/mol. The maximum atomic E-state index is 9.73. The van der Waals surface area contributed by atoms with Crippen LogP contribution in [0.25, 0.3) is 0 Å². The molecule has 82 valence electrons. The molecule has 1 saturated heterocycles. The molecule has 5 heteroatoms. The topological polar surface area (TPSA) is 71.1 Å². The summed E-state index contributed by atoms with van der Waals surface area (Å²) in [5.74, 6) is 0.247. The van der Waals surface area contributed by atoms with E-state index in [-0.39, 0.29) is 5.84 Å². The summed E-state index contributed by atoms with van der Waals surface area (Å²) < 4.78 is 5.24. The van der Waals surface area contributed by atoms with Crippen molar-refractivity contribution in [1.82, 2.24) is 4.90 Å². The molecule has 0 saturated carbocycles. The maximum absolute atomic E-state index is 9.73. The molecule has 2 aliphatic rings. The summed E-state index contributed by atoms with van der Waals surface area (Å²) in [6.45, 7) is 3.16. The number of nitrogens with two attached hydrogens (primary N) is 1. The van der Waals surface area contributed by atoms with Crippen molar-refractivity contribution in [2.45, 2.75) is 6.10 Å². The van der Waals surface area contributed by atoms with E-state index in [2.05, 4.69) is 9.89 Å². The second kappa shape index (κ2) is 4.46. The van der Waals surface area contributed by atoms with Gasteiger partial charge in [0.05, 0.1) is 13.2 Å². The first kappa shape index (κ1) is 10.2. The summed E-state index contributed by atoms with van der Waals surface area (Å²) in [4.78, 5) is 5.95. The van der Waals surface area contributed by atoms with E-state index in [9.17, 15) is 5.11 Å². The Labute approximate surface area is 88.5 Å². The molecule has 15 heavy (non-hydrogen) atoms. The smallest absolute Gasteiger partial charge is 0.137 e. The Morgan fingerprint density at radius 3 is 3.00 bits per heavy atom. The van der Waals surface area contributed by atoms with Gasteiger partial charge >= 0.3 is 0 Å². The lowest BCUT2D eigenvalue weighted by Gasteiger charge is -2.27. The van der Waals surface area contributed by atoms with Gasteiger partial charge in [-0.05, 0) is 6.08 Å². The van der Waals surface area contributed by atoms with E-state index in [1.165, 1.54) is 0 Å². The van der Waals surface area contributed by atoms with Crippen LogP contribution in [-0.2, 0) is 4.74 Å². The Kier molecular flexibility index (Phi) is 3.03. The molecule has 0 radical (unpaired) electrons. The second-order valence-electron chi connectivity index (χ2n) is 3.55. The highest BCUT2D eigenvalue weighted by Crippen LogP contribution is 2.12. The molecular formula is C10H15N3O2. The van der Waals surface area contributed by atoms with Crippen molar-refractivity contribution in [3.63, 3.8) is 0 Å². The van der Waals surface area contributed by atoms with Crippen molar-refractivity contribution >= 4 is 5.84 Å². The minimum absolute atomic E-state index is 0.247. The Morgan fingerprint density at radius 2 is 2.27 bits per heavy atom. The van der Waals surface area contributed by atoms with E-state index in [1.807, 2.05) is 6.20 Å². The molecule has 0 amide bonds. The fourth-order valence-electron chi connectivity index (χ4n) is 1.57. The minimum Gasteiger partial charge on any atom is -0.385 e. The van der Waals surface area contributed by atoms with Gasteiger partial charge in [-0.1, -0.05) is 0 Å². The van der Waals surface area contributed by atoms with Gasteiger partial charge < -0.3 is 20.5 Å². The highest BCUT2D eigenvalue weighted by Gasteiger charge is 2.17. The molecule has 0 aromatic rings. The van der Waals surface area contributed by atoms with Gasteiger partial charge in [0, 0.05) is 31.1 Å². The molecule has 0 spiro atoms. The number of hydrogen-bond donors (Lipinski definition) is 2. The highest BCUT2D eigenvalue weighted by molar-refractivity contribution is 5.89. The summed E-state index contributed by atoms with van der Waals surface area (Å²) in [6.07, 6.45) is 4.52. The van der Waals surface area contributed by atoms with Gasteiger partial charge in [-0.3, -0.25) is 0 Å². The largest absolute Gasteiger partial charge is 0.385 e. The fraction of sp³-hybridized carbons (Fsp3) is 0.500. The molecule has 0 aliphatic carbocycles. The van der Waals surface area contributed by atoms with Gasteiger partial charge in [0.25, 0.3) is 0 Å². The number of nitrogens with zero attached hydrogens (tertiary/aromatic N) is 2. The molecular weight excluding hydrogens is 194 g/mol. The van der Waals surface area contributed by atoms with Crippen LogP contribution in [-0.4, -0.2) is 48.2 Å². The summed E-state index contributed by atoms with van der Waals surface area (Å²) in [6, 6.07) is 0. The third-order valence-corrected chi connectivity index (χ3v) is 2.46. The van der Waals surface area contributed by atoms with Crippen molar-refractivity contribution in [3.8, 4) is 0 Å². The standard InChI is InChI=1S/C10H15N3O2/c11-10-9(14)8(1-2-12-10)7-13-3-5-15-6-4-13/h1-2,7,9,14H,3-6H2,(H2,11,12). The number of rotatable bonds is 1. The lowest BCUT2D eigenvalue weighted by molar-refractivity contribution is 0.0586. The predicted octanol–water partition coefficient (Wildman–Crippen LogP) is -0.552. The first-order chi connectivity index (χ1) is 7.27. The Hall–Kier alpha value is -1.33. The van der Waals surface area contributed by atoms with Crippen LogP contribution >= 0.6 is 0 Å². The molecule has 1 fully saturated rings. The fourth-order valence-corrected chi connectivity index (χ4v) is 1.57. The van der Waals surface area contributed by atoms with E-state index in [4.69, 9.17) is 10.5 Å². The van der Waals surface area contributed by atoms with Crippen LogP contribution in [0.1, 0.15) is 0 Å². The zero-order chi connectivity index (χ0) is 10.7. The van der Waals surface area contributed by atoms with E-state index in [1.54, 1.807) is 12.3 Å². The van der Waals surface area contributed by atoms with Gasteiger partial charge in [-0.25, -0.2) is 4.99 Å². The summed E-state index contributed by atoms with van der Waals surface area (Å²) >= 11 is 0. The average Bonchev–Trinajstić information content (AvgIpc) is 2.26. The van der Waals surface area contributed by atoms with Gasteiger partial charge in [0.2, 0.25) is 0 Å². The molecule has 0 aromatic carbocycles. The Morgan fingerprint density at radius 1 is 1.53 bits per heavy atom. The van der Waals surface area contributed by atoms with Crippen molar-refractivity contribution in [2.75, 3.05) is 26.3 Å². The summed E-state index contributed by atoms with van der Waals surface area (Å²) in [7, 11) is 0. The first-order valence-electron chi connectivity index (χ1n) is 4.98. The quantitative estimate of drug-likeness (QED) is 0.607. The van der Waals surface area contributed by atoms with E-state index in [0.29, 0.717) is 0 Å². The third-order valence-electron chi connectivity index (χ3n) is 2.46. The van der Waals surface area contributed by atoms with Crippen LogP contribution in [0, 0.1) is 0 Å². The highest BCUT2D eigenvalue weighted by atomic mass is 16.5. The molecule has 1 unspecified atom stereocenters. The van der Waals surface area contributed by atoms with Crippen LogP contribution < -0.4 is 5.73 Å². The zero-order valence-corrected chi connectivity index (χ0v) is 8.47. The third kappa shape index (κ3) is 2.37. The van der Waals surface area contributed by atoms with Crippen molar-refractivity contribution in [1.29, 1.82) is 0 Å². The Bertz CT molecular complexity index is 317. The molecule has 0 bridgehead atoms. The number of aliphatic imine (C=N–C) groups is 1. The second-order valence-corrected chi connectivity index (χ2v) is 3.55. The summed E-state index contributed by atoms with van der Waals surface area (Å²) in [5, 5.41) is 9.73. The lowest BCUT2D eigenvalue weighted by atomic mass is 10.1. The monoisotopic (exact) mass is 209 g/mol. The number of hydrogen-bond acceptors (Lipinski definition) is 5. The van der Waals surface area contributed by atoms with Crippen molar-refractivity contribution in [3.05, 3.63) is 24.0 Å². The molecule has 0 aromatic heterocycles. The zero-order valence-electron chi connectivity index (χ0n) is 8.47. The SMILES string of the molecule is NC1=NC=CC(=CN2CCOCC2)C1O. The molecule has 5 nitrogen and oxygen atoms in total. The number of amidine groups is 1.